The summed E-state index contributed by atoms with van der Waals surface area (Å²) in [5.74, 6) is 0. The predicted molar refractivity (Wildman–Crippen MR) is 33.6 cm³/mol. The van der Waals surface area contributed by atoms with Gasteiger partial charge in [0.2, 0.25) is 0 Å². The van der Waals surface area contributed by atoms with Crippen LogP contribution < -0.4 is 0 Å². The van der Waals surface area contributed by atoms with Crippen LogP contribution in [0.3, 0.4) is 0 Å². The molecule has 0 aromatic carbocycles. The van der Waals surface area contributed by atoms with Gasteiger partial charge in [0, 0.05) is 26.6 Å². The van der Waals surface area contributed by atoms with Crippen molar-refractivity contribution in [2.75, 3.05) is 0 Å². The molecule has 0 atom stereocenters. The fourth-order valence-electron chi connectivity index (χ4n) is 0.265. The molecular formula is C3H8Si3. The van der Waals surface area contributed by atoms with E-state index in [1.54, 1.807) is 0 Å². The first-order valence-corrected chi connectivity index (χ1v) is 7.77. The highest BCUT2D eigenvalue weighted by Gasteiger charge is 1.90. The van der Waals surface area contributed by atoms with Gasteiger partial charge >= 0.3 is 0 Å². The molecule has 0 spiro atoms. The summed E-state index contributed by atoms with van der Waals surface area (Å²) in [5.41, 5.74) is 0. The van der Waals surface area contributed by atoms with E-state index in [9.17, 15) is 0 Å². The summed E-state index contributed by atoms with van der Waals surface area (Å²) in [5, 5.41) is 0. The summed E-state index contributed by atoms with van der Waals surface area (Å²) in [4.78, 5) is 0. The Morgan fingerprint density at radius 2 is 2.33 bits per heavy atom. The first-order valence-electron chi connectivity index (χ1n) is 2.06. The molecule has 0 aliphatic heterocycles. The normalized spacial score (nSPS) is 10.0. The number of hydrogen-bond acceptors (Lipinski definition) is 0. The van der Waals surface area contributed by atoms with Crippen LogP contribution in [-0.2, 0) is 0 Å². The minimum Gasteiger partial charge on any atom is -0.0761 e. The molecule has 32 valence electrons. The van der Waals surface area contributed by atoms with Crippen LogP contribution in [0.1, 0.15) is 6.92 Å². The summed E-state index contributed by atoms with van der Waals surface area (Å²) in [6.07, 6.45) is 0. The Hall–Kier alpha value is 0.651. The zero-order valence-electron chi connectivity index (χ0n) is 4.21. The van der Waals surface area contributed by atoms with E-state index in [0.717, 1.165) is 0 Å². The van der Waals surface area contributed by atoms with Crippen molar-refractivity contribution in [3.05, 3.63) is 0 Å². The van der Waals surface area contributed by atoms with Gasteiger partial charge < -0.3 is 0 Å². The maximum absolute atomic E-state index is 3.59. The van der Waals surface area contributed by atoms with Crippen LogP contribution in [0.5, 0.6) is 0 Å². The van der Waals surface area contributed by atoms with E-state index < -0.39 is 0 Å². The van der Waals surface area contributed by atoms with Gasteiger partial charge in [-0.2, -0.15) is 0 Å². The van der Waals surface area contributed by atoms with Crippen molar-refractivity contribution >= 4 is 26.6 Å². The summed E-state index contributed by atoms with van der Waals surface area (Å²) in [7, 11) is 4.73. The van der Waals surface area contributed by atoms with Gasteiger partial charge in [0.1, 0.15) is 0 Å². The Labute approximate surface area is 46.8 Å². The predicted octanol–water partition coefficient (Wildman–Crippen LogP) is 0.415. The quantitative estimate of drug-likeness (QED) is 0.473. The van der Waals surface area contributed by atoms with Gasteiger partial charge in [-0.15, -0.1) is 0 Å². The second-order valence-electron chi connectivity index (χ2n) is 1.16. The SMILES string of the molecule is CC[Si][Si](C)[Si]. The van der Waals surface area contributed by atoms with Crippen molar-refractivity contribution in [2.45, 2.75) is 19.5 Å². The molecule has 0 bridgehead atoms. The van der Waals surface area contributed by atoms with E-state index in [4.69, 9.17) is 0 Å². The summed E-state index contributed by atoms with van der Waals surface area (Å²) in [6, 6.07) is 1.36. The molecule has 0 rings (SSSR count). The smallest absolute Gasteiger partial charge is 0.0213 e. The van der Waals surface area contributed by atoms with Crippen molar-refractivity contribution in [1.29, 1.82) is 0 Å². The van der Waals surface area contributed by atoms with Crippen molar-refractivity contribution in [2.24, 2.45) is 0 Å². The molecule has 0 amide bonds. The molecule has 0 aliphatic carbocycles. The first kappa shape index (κ1) is 6.65. The van der Waals surface area contributed by atoms with Crippen LogP contribution in [-0.4, -0.2) is 26.6 Å². The Morgan fingerprint density at radius 1 is 1.83 bits per heavy atom. The Kier molecular flexibility index (Phi) is 4.24. The highest BCUT2D eigenvalue weighted by Crippen LogP contribution is 1.74. The van der Waals surface area contributed by atoms with Gasteiger partial charge in [-0.25, -0.2) is 0 Å². The second-order valence-corrected chi connectivity index (χ2v) is 10.5. The largest absolute Gasteiger partial charge is 0.0761 e. The van der Waals surface area contributed by atoms with Gasteiger partial charge in [0.15, 0.2) is 0 Å². The van der Waals surface area contributed by atoms with Gasteiger partial charge in [-0.3, -0.25) is 0 Å². The highest BCUT2D eigenvalue weighted by molar-refractivity contribution is 7.34. The second kappa shape index (κ2) is 3.83. The van der Waals surface area contributed by atoms with Crippen LogP contribution in [0, 0.1) is 0 Å². The lowest BCUT2D eigenvalue weighted by molar-refractivity contribution is 1.47. The topological polar surface area (TPSA) is 0 Å². The van der Waals surface area contributed by atoms with E-state index >= 15 is 0 Å². The molecule has 6 heavy (non-hydrogen) atoms. The molecule has 0 nitrogen and oxygen atoms in total. The lowest BCUT2D eigenvalue weighted by Crippen LogP contribution is -2.16. The van der Waals surface area contributed by atoms with Crippen LogP contribution in [0.15, 0.2) is 0 Å². The van der Waals surface area contributed by atoms with Gasteiger partial charge in [-0.05, 0) is 0 Å². The Bertz CT molecular complexity index is 27.2. The third-order valence-electron chi connectivity index (χ3n) is 0.442. The van der Waals surface area contributed by atoms with E-state index in [-0.39, 0.29) is 7.83 Å². The maximum Gasteiger partial charge on any atom is 0.0213 e. The average Bonchev–Trinajstić information content (AvgIpc) is 1.35. The molecule has 6 radical (unpaired) electrons. The van der Waals surface area contributed by atoms with Crippen LogP contribution in [0.25, 0.3) is 0 Å². The molecule has 0 fully saturated rings. The van der Waals surface area contributed by atoms with Gasteiger partial charge in [-0.1, -0.05) is 19.5 Å². The van der Waals surface area contributed by atoms with Gasteiger partial charge in [0.25, 0.3) is 0 Å². The zero-order chi connectivity index (χ0) is 4.99. The molecule has 0 heterocycles. The lowest BCUT2D eigenvalue weighted by Gasteiger charge is -1.91. The number of rotatable bonds is 2. The fraction of sp³-hybridized carbons (Fsp3) is 1.00. The third-order valence-corrected chi connectivity index (χ3v) is 5.57. The van der Waals surface area contributed by atoms with Crippen molar-refractivity contribution in [3.8, 4) is 0 Å². The van der Waals surface area contributed by atoms with E-state index in [1.165, 1.54) is 15.1 Å². The maximum atomic E-state index is 3.59. The molecule has 0 aromatic heterocycles. The average molecular weight is 128 g/mol. The Balaban J connectivity index is 2.63. The van der Waals surface area contributed by atoms with E-state index in [1.807, 2.05) is 0 Å². The summed E-state index contributed by atoms with van der Waals surface area (Å²) in [6.45, 7) is 4.51. The van der Waals surface area contributed by atoms with E-state index in [2.05, 4.69) is 23.2 Å². The molecule has 0 unspecified atom stereocenters. The minimum atomic E-state index is -0.0522. The summed E-state index contributed by atoms with van der Waals surface area (Å²) >= 11 is 0. The van der Waals surface area contributed by atoms with Crippen LogP contribution in [0.4, 0.5) is 0 Å². The molecule has 0 aliphatic rings. The minimum absolute atomic E-state index is 0.0522. The van der Waals surface area contributed by atoms with Crippen molar-refractivity contribution in [3.63, 3.8) is 0 Å². The molecule has 0 saturated heterocycles. The Morgan fingerprint density at radius 3 is 2.33 bits per heavy atom. The summed E-state index contributed by atoms with van der Waals surface area (Å²) < 4.78 is 0. The molecular weight excluding hydrogens is 120 g/mol. The highest BCUT2D eigenvalue weighted by atomic mass is 29.5. The van der Waals surface area contributed by atoms with Crippen LogP contribution in [0.2, 0.25) is 12.6 Å². The molecule has 0 N–H and O–H groups in total. The molecule has 3 heteroatoms. The molecule has 0 aromatic rings. The van der Waals surface area contributed by atoms with Crippen molar-refractivity contribution < 1.29 is 0 Å². The lowest BCUT2D eigenvalue weighted by atomic mass is 11.0. The van der Waals surface area contributed by atoms with Crippen LogP contribution >= 0.6 is 0 Å². The zero-order valence-corrected chi connectivity index (χ0v) is 7.21. The third kappa shape index (κ3) is 4.65. The van der Waals surface area contributed by atoms with Gasteiger partial charge in [0.05, 0.1) is 0 Å². The standard InChI is InChI=1S/C3H8Si3/c1-3-5-6(2)4/h3H2,1-2H3. The van der Waals surface area contributed by atoms with Crippen molar-refractivity contribution in [1.82, 2.24) is 0 Å². The molecule has 0 saturated carbocycles. The number of hydrogen-bond donors (Lipinski definition) is 0. The monoisotopic (exact) mass is 128 g/mol. The first-order chi connectivity index (χ1) is 2.77. The fourth-order valence-corrected chi connectivity index (χ4v) is 3.98. The van der Waals surface area contributed by atoms with E-state index in [0.29, 0.717) is 0 Å².